The van der Waals surface area contributed by atoms with Crippen LogP contribution in [0.5, 0.6) is 0 Å². The van der Waals surface area contributed by atoms with Gasteiger partial charge in [-0.1, -0.05) is 6.08 Å². The third-order valence-electron chi connectivity index (χ3n) is 0.985. The Hall–Kier alpha value is -0.910. The van der Waals surface area contributed by atoms with E-state index in [1.54, 1.807) is 13.0 Å². The molecule has 4 N–H and O–H groups in total. The molecule has 0 atom stereocenters. The molecule has 0 aliphatic rings. The number of rotatable bonds is 4. The molecule has 0 saturated heterocycles. The van der Waals surface area contributed by atoms with Crippen molar-refractivity contribution in [1.29, 1.82) is 0 Å². The summed E-state index contributed by atoms with van der Waals surface area (Å²) >= 11 is 0. The predicted octanol–water partition coefficient (Wildman–Crippen LogP) is -0.269. The van der Waals surface area contributed by atoms with E-state index in [-0.39, 0.29) is 13.2 Å². The van der Waals surface area contributed by atoms with Gasteiger partial charge in [-0.25, -0.2) is 4.79 Å². The lowest BCUT2D eigenvalue weighted by Crippen LogP contribution is -2.05. The van der Waals surface area contributed by atoms with Crippen LogP contribution in [0.1, 0.15) is 19.8 Å². The van der Waals surface area contributed by atoms with Gasteiger partial charge in [0.05, 0.1) is 0 Å². The first-order chi connectivity index (χ1) is 6.22. The van der Waals surface area contributed by atoms with Gasteiger partial charge in [-0.3, -0.25) is 0 Å². The normalized spacial score (nSPS) is 9.23. The Kier molecular flexibility index (Phi) is 15.4. The molecule has 0 rings (SSSR count). The van der Waals surface area contributed by atoms with E-state index in [0.29, 0.717) is 0 Å². The summed E-state index contributed by atoms with van der Waals surface area (Å²) < 4.78 is 0. The highest BCUT2D eigenvalue weighted by atomic mass is 16.7. The van der Waals surface area contributed by atoms with Crippen molar-refractivity contribution in [2.45, 2.75) is 19.8 Å². The molecular formula is C8H17NO4. The Balaban J connectivity index is 0. The van der Waals surface area contributed by atoms with Crippen LogP contribution >= 0.6 is 0 Å². The van der Waals surface area contributed by atoms with Gasteiger partial charge in [0.25, 0.3) is 0 Å². The molecule has 0 bridgehead atoms. The number of hydrogen-bond donors (Lipinski definition) is 3. The fraction of sp³-hybridized carbons (Fsp3) is 0.625. The maximum atomic E-state index is 9.98. The van der Waals surface area contributed by atoms with Gasteiger partial charge in [0.2, 0.25) is 0 Å². The summed E-state index contributed by atoms with van der Waals surface area (Å²) in [6.45, 7) is 2.10. The SMILES string of the molecule is CC=CC(=O)ON.OCCCCO. The highest BCUT2D eigenvalue weighted by molar-refractivity contribution is 5.81. The second kappa shape index (κ2) is 13.7. The highest BCUT2D eigenvalue weighted by Crippen LogP contribution is 1.80. The summed E-state index contributed by atoms with van der Waals surface area (Å²) in [6, 6.07) is 0. The van der Waals surface area contributed by atoms with Gasteiger partial charge in [-0.05, 0) is 19.8 Å². The van der Waals surface area contributed by atoms with Gasteiger partial charge in [-0.15, -0.1) is 0 Å². The van der Waals surface area contributed by atoms with Crippen molar-refractivity contribution in [3.63, 3.8) is 0 Å². The predicted molar refractivity (Wildman–Crippen MR) is 48.5 cm³/mol. The van der Waals surface area contributed by atoms with Crippen molar-refractivity contribution >= 4 is 5.97 Å². The maximum Gasteiger partial charge on any atom is 0.348 e. The summed E-state index contributed by atoms with van der Waals surface area (Å²) in [6.07, 6.45) is 4.22. The maximum absolute atomic E-state index is 9.98. The van der Waals surface area contributed by atoms with Crippen LogP contribution in [0.4, 0.5) is 0 Å². The fourth-order valence-corrected chi connectivity index (χ4v) is 0.399. The van der Waals surface area contributed by atoms with Crippen LogP contribution in [-0.4, -0.2) is 29.4 Å². The lowest BCUT2D eigenvalue weighted by Gasteiger charge is -1.85. The minimum Gasteiger partial charge on any atom is -0.396 e. The number of hydrogen-bond acceptors (Lipinski definition) is 5. The highest BCUT2D eigenvalue weighted by Gasteiger charge is 1.85. The van der Waals surface area contributed by atoms with E-state index in [1.165, 1.54) is 6.08 Å². The summed E-state index contributed by atoms with van der Waals surface area (Å²) in [7, 11) is 0. The first-order valence-electron chi connectivity index (χ1n) is 3.98. The standard InChI is InChI=1S/C4H7NO2.C4H10O2/c1-2-3-4(6)7-5;5-3-1-2-4-6/h2-3H,5H2,1H3;5-6H,1-4H2. The van der Waals surface area contributed by atoms with Crippen LogP contribution in [0, 0.1) is 0 Å². The molecule has 13 heavy (non-hydrogen) atoms. The van der Waals surface area contributed by atoms with Gasteiger partial charge in [-0.2, -0.15) is 5.90 Å². The average Bonchev–Trinajstić information content (AvgIpc) is 2.16. The molecule has 0 heterocycles. The zero-order chi connectivity index (χ0) is 10.5. The van der Waals surface area contributed by atoms with Crippen LogP contribution in [0.3, 0.4) is 0 Å². The zero-order valence-electron chi connectivity index (χ0n) is 7.77. The second-order valence-electron chi connectivity index (χ2n) is 2.09. The van der Waals surface area contributed by atoms with Gasteiger partial charge in [0.15, 0.2) is 0 Å². The number of nitrogens with two attached hydrogens (primary N) is 1. The molecule has 5 nitrogen and oxygen atoms in total. The third-order valence-corrected chi connectivity index (χ3v) is 0.985. The Morgan fingerprint density at radius 1 is 1.38 bits per heavy atom. The molecule has 0 aromatic carbocycles. The molecule has 0 amide bonds. The van der Waals surface area contributed by atoms with Crippen molar-refractivity contribution in [3.8, 4) is 0 Å². The number of unbranched alkanes of at least 4 members (excludes halogenated alkanes) is 1. The van der Waals surface area contributed by atoms with Crippen molar-refractivity contribution < 1.29 is 19.8 Å². The van der Waals surface area contributed by atoms with E-state index < -0.39 is 5.97 Å². The monoisotopic (exact) mass is 191 g/mol. The van der Waals surface area contributed by atoms with E-state index in [4.69, 9.17) is 10.2 Å². The Morgan fingerprint density at radius 3 is 2.00 bits per heavy atom. The Bertz CT molecular complexity index is 132. The van der Waals surface area contributed by atoms with Gasteiger partial charge in [0.1, 0.15) is 0 Å². The molecular weight excluding hydrogens is 174 g/mol. The number of carbonyl (C=O) groups is 1. The summed E-state index contributed by atoms with van der Waals surface area (Å²) in [5, 5.41) is 16.2. The average molecular weight is 191 g/mol. The van der Waals surface area contributed by atoms with Crippen LogP contribution in [0.15, 0.2) is 12.2 Å². The molecule has 5 heteroatoms. The van der Waals surface area contributed by atoms with Crippen LogP contribution in [0.2, 0.25) is 0 Å². The van der Waals surface area contributed by atoms with Crippen molar-refractivity contribution in [2.75, 3.05) is 13.2 Å². The van der Waals surface area contributed by atoms with E-state index in [9.17, 15) is 4.79 Å². The van der Waals surface area contributed by atoms with Gasteiger partial charge < -0.3 is 15.1 Å². The van der Waals surface area contributed by atoms with Crippen LogP contribution < -0.4 is 5.90 Å². The van der Waals surface area contributed by atoms with Gasteiger partial charge >= 0.3 is 5.97 Å². The van der Waals surface area contributed by atoms with Gasteiger partial charge in [0, 0.05) is 19.3 Å². The van der Waals surface area contributed by atoms with E-state index >= 15 is 0 Å². The molecule has 0 radical (unpaired) electrons. The fourth-order valence-electron chi connectivity index (χ4n) is 0.399. The number of allylic oxidation sites excluding steroid dienone is 1. The lowest BCUT2D eigenvalue weighted by molar-refractivity contribution is -0.138. The molecule has 0 unspecified atom stereocenters. The topological polar surface area (TPSA) is 92.8 Å². The van der Waals surface area contributed by atoms with Crippen molar-refractivity contribution in [3.05, 3.63) is 12.2 Å². The molecule has 0 aromatic rings. The molecule has 0 aliphatic heterocycles. The van der Waals surface area contributed by atoms with Crippen LogP contribution in [0.25, 0.3) is 0 Å². The number of aliphatic hydroxyl groups is 2. The first-order valence-corrected chi connectivity index (χ1v) is 3.98. The van der Waals surface area contributed by atoms with Crippen molar-refractivity contribution in [1.82, 2.24) is 0 Å². The number of aliphatic hydroxyl groups excluding tert-OH is 2. The van der Waals surface area contributed by atoms with Crippen molar-refractivity contribution in [2.24, 2.45) is 5.90 Å². The molecule has 0 saturated carbocycles. The largest absolute Gasteiger partial charge is 0.396 e. The summed E-state index contributed by atoms with van der Waals surface area (Å²) in [4.78, 5) is 13.7. The lowest BCUT2D eigenvalue weighted by atomic mass is 10.3. The Labute approximate surface area is 77.8 Å². The quantitative estimate of drug-likeness (QED) is 0.323. The summed E-state index contributed by atoms with van der Waals surface area (Å²) in [5.41, 5.74) is 0. The zero-order valence-corrected chi connectivity index (χ0v) is 7.77. The third kappa shape index (κ3) is 18.2. The molecule has 78 valence electrons. The van der Waals surface area contributed by atoms with E-state index in [2.05, 4.69) is 10.7 Å². The first kappa shape index (κ1) is 14.6. The van der Waals surface area contributed by atoms with Crippen LogP contribution in [-0.2, 0) is 9.63 Å². The molecule has 0 aliphatic carbocycles. The Morgan fingerprint density at radius 2 is 1.85 bits per heavy atom. The second-order valence-corrected chi connectivity index (χ2v) is 2.09. The smallest absolute Gasteiger partial charge is 0.348 e. The minimum absolute atomic E-state index is 0.195. The molecule has 0 aromatic heterocycles. The van der Waals surface area contributed by atoms with E-state index in [1.807, 2.05) is 0 Å². The summed E-state index contributed by atoms with van der Waals surface area (Å²) in [5.74, 6) is 3.93. The molecule has 0 spiro atoms. The number of carbonyl (C=O) groups excluding carboxylic acids is 1. The minimum atomic E-state index is -0.525. The van der Waals surface area contributed by atoms with E-state index in [0.717, 1.165) is 12.8 Å². The molecule has 0 fully saturated rings.